The van der Waals surface area contributed by atoms with E-state index in [1.54, 1.807) is 24.3 Å². The van der Waals surface area contributed by atoms with Crippen LogP contribution in [0.1, 0.15) is 37.0 Å². The van der Waals surface area contributed by atoms with Gasteiger partial charge in [-0.15, -0.1) is 12.4 Å². The third-order valence-electron chi connectivity index (χ3n) is 2.90. The van der Waals surface area contributed by atoms with Crippen LogP contribution in [0.5, 0.6) is 0 Å². The Labute approximate surface area is 121 Å². The largest absolute Gasteiger partial charge is 0.461 e. The molecule has 0 aliphatic rings. The number of hydrogen-bond donors (Lipinski definition) is 2. The molecule has 0 atom stereocenters. The molecule has 0 fully saturated rings. The molecule has 1 aromatic rings. The predicted octanol–water partition coefficient (Wildman–Crippen LogP) is 2.63. The Balaban J connectivity index is 0.00000324. The molecule has 0 spiro atoms. The second-order valence-corrected chi connectivity index (χ2v) is 4.23. The van der Waals surface area contributed by atoms with E-state index in [2.05, 4.69) is 19.2 Å². The predicted molar refractivity (Wildman–Crippen MR) is 80.8 cm³/mol. The van der Waals surface area contributed by atoms with Gasteiger partial charge in [0.2, 0.25) is 0 Å². The van der Waals surface area contributed by atoms with E-state index >= 15 is 0 Å². The van der Waals surface area contributed by atoms with E-state index in [1.165, 1.54) is 0 Å². The van der Waals surface area contributed by atoms with Gasteiger partial charge in [-0.3, -0.25) is 0 Å². The van der Waals surface area contributed by atoms with Gasteiger partial charge >= 0.3 is 5.97 Å². The Morgan fingerprint density at radius 3 is 2.37 bits per heavy atom. The van der Waals surface area contributed by atoms with E-state index in [-0.39, 0.29) is 18.4 Å². The van der Waals surface area contributed by atoms with Crippen LogP contribution in [0.25, 0.3) is 0 Å². The van der Waals surface area contributed by atoms with E-state index in [1.807, 2.05) is 0 Å². The maximum atomic E-state index is 11.6. The highest BCUT2D eigenvalue weighted by Gasteiger charge is 2.07. The first-order chi connectivity index (χ1) is 8.67. The molecule has 0 unspecified atom stereocenters. The zero-order chi connectivity index (χ0) is 13.4. The number of nitrogens with two attached hydrogens (primary N) is 1. The van der Waals surface area contributed by atoms with Gasteiger partial charge in [0.25, 0.3) is 0 Å². The lowest BCUT2D eigenvalue weighted by atomic mass is 10.2. The maximum Gasteiger partial charge on any atom is 0.338 e. The summed E-state index contributed by atoms with van der Waals surface area (Å²) in [5, 5.41) is 3.34. The molecule has 3 N–H and O–H groups in total. The lowest BCUT2D eigenvalue weighted by Crippen LogP contribution is -2.31. The summed E-state index contributed by atoms with van der Waals surface area (Å²) in [5.41, 5.74) is 6.72. The van der Waals surface area contributed by atoms with Crippen molar-refractivity contribution < 1.29 is 9.53 Å². The van der Waals surface area contributed by atoms with Crippen LogP contribution in [0.4, 0.5) is 5.69 Å². The van der Waals surface area contributed by atoms with Gasteiger partial charge in [-0.25, -0.2) is 4.79 Å². The molecule has 5 heteroatoms. The lowest BCUT2D eigenvalue weighted by molar-refractivity contribution is 0.0505. The molecule has 0 saturated carbocycles. The van der Waals surface area contributed by atoms with Crippen molar-refractivity contribution in [3.63, 3.8) is 0 Å². The summed E-state index contributed by atoms with van der Waals surface area (Å²) in [7, 11) is 0. The summed E-state index contributed by atoms with van der Waals surface area (Å²) in [5.74, 6) is -0.304. The van der Waals surface area contributed by atoms with Crippen LogP contribution >= 0.6 is 12.4 Å². The monoisotopic (exact) mass is 286 g/mol. The number of rotatable bonds is 7. The standard InChI is InChI=1S/C14H22N2O2.ClH/c1-3-13(4-2)16-9-10-18-14(17)11-5-7-12(15)8-6-11;/h5-8,13,16H,3-4,9-10,15H2,1-2H3;1H. The maximum absolute atomic E-state index is 11.6. The number of benzene rings is 1. The van der Waals surface area contributed by atoms with E-state index in [9.17, 15) is 4.79 Å². The summed E-state index contributed by atoms with van der Waals surface area (Å²) in [6.07, 6.45) is 2.17. The molecule has 0 bridgehead atoms. The van der Waals surface area contributed by atoms with Gasteiger partial charge < -0.3 is 15.8 Å². The van der Waals surface area contributed by atoms with Crippen LogP contribution in [-0.4, -0.2) is 25.2 Å². The van der Waals surface area contributed by atoms with Crippen molar-refractivity contribution in [1.29, 1.82) is 0 Å². The highest BCUT2D eigenvalue weighted by molar-refractivity contribution is 5.89. The number of hydrogen-bond acceptors (Lipinski definition) is 4. The fourth-order valence-electron chi connectivity index (χ4n) is 1.69. The number of nitrogens with one attached hydrogen (secondary N) is 1. The Bertz CT molecular complexity index is 364. The Morgan fingerprint density at radius 2 is 1.84 bits per heavy atom. The molecule has 4 nitrogen and oxygen atoms in total. The average Bonchev–Trinajstić information content (AvgIpc) is 2.39. The van der Waals surface area contributed by atoms with Gasteiger partial charge in [0.1, 0.15) is 6.61 Å². The molecule has 0 saturated heterocycles. The third kappa shape index (κ3) is 6.45. The number of halogens is 1. The zero-order valence-electron chi connectivity index (χ0n) is 11.5. The Kier molecular flexibility index (Phi) is 9.00. The highest BCUT2D eigenvalue weighted by atomic mass is 35.5. The third-order valence-corrected chi connectivity index (χ3v) is 2.90. The number of carbonyl (C=O) groups is 1. The van der Waals surface area contributed by atoms with Crippen molar-refractivity contribution in [3.05, 3.63) is 29.8 Å². The molecule has 0 heterocycles. The van der Waals surface area contributed by atoms with Crippen LogP contribution in [-0.2, 0) is 4.74 Å². The molecule has 108 valence electrons. The number of esters is 1. The SMILES string of the molecule is CCC(CC)NCCOC(=O)c1ccc(N)cc1.Cl. The van der Waals surface area contributed by atoms with Gasteiger partial charge in [0.05, 0.1) is 5.56 Å². The highest BCUT2D eigenvalue weighted by Crippen LogP contribution is 2.06. The van der Waals surface area contributed by atoms with Crippen molar-refractivity contribution in [2.75, 3.05) is 18.9 Å². The normalized spacial score (nSPS) is 10.1. The van der Waals surface area contributed by atoms with Crippen molar-refractivity contribution in [3.8, 4) is 0 Å². The van der Waals surface area contributed by atoms with Gasteiger partial charge in [0.15, 0.2) is 0 Å². The van der Waals surface area contributed by atoms with Crippen molar-refractivity contribution in [2.45, 2.75) is 32.7 Å². The van der Waals surface area contributed by atoms with E-state index in [4.69, 9.17) is 10.5 Å². The second-order valence-electron chi connectivity index (χ2n) is 4.23. The molecule has 1 rings (SSSR count). The summed E-state index contributed by atoms with van der Waals surface area (Å²) >= 11 is 0. The van der Waals surface area contributed by atoms with Crippen LogP contribution in [0.15, 0.2) is 24.3 Å². The number of nitrogen functional groups attached to an aromatic ring is 1. The first kappa shape index (κ1) is 17.7. The molecule has 0 aliphatic carbocycles. The summed E-state index contributed by atoms with van der Waals surface area (Å²) < 4.78 is 5.17. The second kappa shape index (κ2) is 9.64. The summed E-state index contributed by atoms with van der Waals surface area (Å²) in [4.78, 5) is 11.6. The number of ether oxygens (including phenoxy) is 1. The molecule has 0 radical (unpaired) electrons. The van der Waals surface area contributed by atoms with Gasteiger partial charge in [-0.05, 0) is 37.1 Å². The number of carbonyl (C=O) groups excluding carboxylic acids is 1. The van der Waals surface area contributed by atoms with Crippen LogP contribution in [0.2, 0.25) is 0 Å². The zero-order valence-corrected chi connectivity index (χ0v) is 12.3. The first-order valence-electron chi connectivity index (χ1n) is 6.43. The smallest absolute Gasteiger partial charge is 0.338 e. The van der Waals surface area contributed by atoms with E-state index < -0.39 is 0 Å². The van der Waals surface area contributed by atoms with E-state index in [0.29, 0.717) is 30.4 Å². The van der Waals surface area contributed by atoms with Crippen LogP contribution in [0, 0.1) is 0 Å². The fraction of sp³-hybridized carbons (Fsp3) is 0.500. The van der Waals surface area contributed by atoms with Crippen molar-refractivity contribution >= 4 is 24.1 Å². The minimum Gasteiger partial charge on any atom is -0.461 e. The quantitative estimate of drug-likeness (QED) is 0.459. The minimum absolute atomic E-state index is 0. The van der Waals surface area contributed by atoms with Gasteiger partial charge in [-0.1, -0.05) is 13.8 Å². The van der Waals surface area contributed by atoms with Crippen LogP contribution < -0.4 is 11.1 Å². The molecule has 0 aromatic heterocycles. The molecule has 0 aliphatic heterocycles. The average molecular weight is 287 g/mol. The van der Waals surface area contributed by atoms with Gasteiger partial charge in [0, 0.05) is 18.3 Å². The molecule has 19 heavy (non-hydrogen) atoms. The van der Waals surface area contributed by atoms with E-state index in [0.717, 1.165) is 12.8 Å². The Hall–Kier alpha value is -1.26. The Morgan fingerprint density at radius 1 is 1.26 bits per heavy atom. The minimum atomic E-state index is -0.304. The lowest BCUT2D eigenvalue weighted by Gasteiger charge is -2.14. The van der Waals surface area contributed by atoms with Crippen LogP contribution in [0.3, 0.4) is 0 Å². The van der Waals surface area contributed by atoms with Crippen molar-refractivity contribution in [2.24, 2.45) is 0 Å². The molecular weight excluding hydrogens is 264 g/mol. The molecule has 1 aromatic carbocycles. The fourth-order valence-corrected chi connectivity index (χ4v) is 1.69. The first-order valence-corrected chi connectivity index (χ1v) is 6.43. The topological polar surface area (TPSA) is 64.3 Å². The number of anilines is 1. The van der Waals surface area contributed by atoms with Gasteiger partial charge in [-0.2, -0.15) is 0 Å². The molecular formula is C14H23ClN2O2. The summed E-state index contributed by atoms with van der Waals surface area (Å²) in [6.45, 7) is 5.36. The van der Waals surface area contributed by atoms with Crippen molar-refractivity contribution in [1.82, 2.24) is 5.32 Å². The molecule has 0 amide bonds. The summed E-state index contributed by atoms with van der Waals surface area (Å²) in [6, 6.07) is 7.23.